The van der Waals surface area contributed by atoms with Crippen molar-refractivity contribution in [3.63, 3.8) is 0 Å². The Hall–Kier alpha value is -2.35. The van der Waals surface area contributed by atoms with E-state index >= 15 is 0 Å². The van der Waals surface area contributed by atoms with Crippen LogP contribution in [-0.4, -0.2) is 45.3 Å². The summed E-state index contributed by atoms with van der Waals surface area (Å²) in [5.41, 5.74) is -0.256. The summed E-state index contributed by atoms with van der Waals surface area (Å²) in [4.78, 5) is 1.68. The van der Waals surface area contributed by atoms with Crippen molar-refractivity contribution in [1.29, 1.82) is 5.26 Å². The summed E-state index contributed by atoms with van der Waals surface area (Å²) in [7, 11) is 1.09. The summed E-state index contributed by atoms with van der Waals surface area (Å²) in [6, 6.07) is 6.85. The molecule has 0 fully saturated rings. The molecule has 6 nitrogen and oxygen atoms in total. The monoisotopic (exact) mass is 370 g/mol. The molecule has 1 aliphatic heterocycles. The smallest absolute Gasteiger partial charge is 0.370 e. The Morgan fingerprint density at radius 3 is 2.72 bits per heavy atom. The molecule has 2 N–H and O–H groups in total. The largest absolute Gasteiger partial charge is 0.431 e. The SMILES string of the molecule is CN1C(C(F)(F)F)=CC(O)N(c2ccc3snc(CC#N)c3c2)C1O. The maximum absolute atomic E-state index is 13.0. The molecule has 2 heterocycles. The fraction of sp³-hybridized carbons (Fsp3) is 0.333. The first-order chi connectivity index (χ1) is 11.7. The lowest BCUT2D eigenvalue weighted by atomic mass is 10.1. The third kappa shape index (κ3) is 3.02. The molecule has 2 atom stereocenters. The molecular weight excluding hydrogens is 357 g/mol. The minimum absolute atomic E-state index is 0.0899. The van der Waals surface area contributed by atoms with Crippen molar-refractivity contribution in [2.75, 3.05) is 11.9 Å². The maximum Gasteiger partial charge on any atom is 0.431 e. The highest BCUT2D eigenvalue weighted by Crippen LogP contribution is 2.36. The molecule has 25 heavy (non-hydrogen) atoms. The number of aromatic nitrogens is 1. The van der Waals surface area contributed by atoms with Gasteiger partial charge in [-0.15, -0.1) is 0 Å². The molecule has 10 heteroatoms. The zero-order valence-corrected chi connectivity index (χ0v) is 13.7. The van der Waals surface area contributed by atoms with Gasteiger partial charge in [-0.05, 0) is 35.8 Å². The fourth-order valence-electron chi connectivity index (χ4n) is 2.71. The molecule has 2 unspecified atom stereocenters. The average Bonchev–Trinajstić information content (AvgIpc) is 2.93. The van der Waals surface area contributed by atoms with Gasteiger partial charge in [-0.1, -0.05) is 0 Å². The van der Waals surface area contributed by atoms with Crippen LogP contribution in [0.2, 0.25) is 0 Å². The minimum Gasteiger partial charge on any atom is -0.370 e. The van der Waals surface area contributed by atoms with Crippen molar-refractivity contribution in [2.45, 2.75) is 25.2 Å². The van der Waals surface area contributed by atoms with E-state index in [0.29, 0.717) is 27.7 Å². The van der Waals surface area contributed by atoms with Crippen molar-refractivity contribution in [1.82, 2.24) is 9.27 Å². The van der Waals surface area contributed by atoms with E-state index in [4.69, 9.17) is 5.26 Å². The average molecular weight is 370 g/mol. The zero-order chi connectivity index (χ0) is 18.4. The van der Waals surface area contributed by atoms with Crippen molar-refractivity contribution < 1.29 is 23.4 Å². The molecule has 0 aliphatic carbocycles. The maximum atomic E-state index is 13.0. The van der Waals surface area contributed by atoms with E-state index in [0.717, 1.165) is 16.6 Å². The molecule has 0 bridgehead atoms. The van der Waals surface area contributed by atoms with Crippen molar-refractivity contribution in [3.05, 3.63) is 35.7 Å². The van der Waals surface area contributed by atoms with Gasteiger partial charge in [0, 0.05) is 18.1 Å². The Morgan fingerprint density at radius 1 is 1.36 bits per heavy atom. The zero-order valence-electron chi connectivity index (χ0n) is 12.9. The summed E-state index contributed by atoms with van der Waals surface area (Å²) < 4.78 is 43.9. The van der Waals surface area contributed by atoms with Gasteiger partial charge < -0.3 is 15.1 Å². The van der Waals surface area contributed by atoms with Gasteiger partial charge in [-0.25, -0.2) is 0 Å². The number of allylic oxidation sites excluding steroid dienone is 1. The number of benzene rings is 1. The van der Waals surface area contributed by atoms with Gasteiger partial charge in [0.05, 0.1) is 22.9 Å². The molecule has 3 rings (SSSR count). The summed E-state index contributed by atoms with van der Waals surface area (Å²) in [6.45, 7) is 0. The van der Waals surface area contributed by atoms with Crippen LogP contribution < -0.4 is 4.90 Å². The first-order valence-electron chi connectivity index (χ1n) is 7.15. The standard InChI is InChI=1S/C15H13F3N4O2S/c1-21-12(15(16,17)18)7-13(23)22(14(21)24)8-2-3-11-9(6-8)10(4-5-19)20-25-11/h2-3,6-7,13-14,23-24H,4H2,1H3. The van der Waals surface area contributed by atoms with Crippen LogP contribution in [0, 0.1) is 11.3 Å². The number of hydrogen-bond donors (Lipinski definition) is 2. The van der Waals surface area contributed by atoms with Gasteiger partial charge in [-0.2, -0.15) is 22.8 Å². The van der Waals surface area contributed by atoms with Gasteiger partial charge in [0.15, 0.2) is 6.23 Å². The molecule has 0 saturated heterocycles. The van der Waals surface area contributed by atoms with Crippen LogP contribution in [0.3, 0.4) is 0 Å². The number of halogens is 3. The Labute approximate surface area is 144 Å². The first-order valence-corrected chi connectivity index (χ1v) is 7.93. The highest BCUT2D eigenvalue weighted by Gasteiger charge is 2.44. The number of rotatable bonds is 2. The van der Waals surface area contributed by atoms with Crippen molar-refractivity contribution in [3.8, 4) is 6.07 Å². The lowest BCUT2D eigenvalue weighted by Crippen LogP contribution is -2.56. The number of alkyl halides is 3. The fourth-order valence-corrected chi connectivity index (χ4v) is 3.48. The molecule has 0 saturated carbocycles. The van der Waals surface area contributed by atoms with E-state index in [-0.39, 0.29) is 6.42 Å². The number of aliphatic hydroxyl groups is 2. The molecular formula is C15H13F3N4O2S. The summed E-state index contributed by atoms with van der Waals surface area (Å²) >= 11 is 1.20. The van der Waals surface area contributed by atoms with E-state index in [1.54, 1.807) is 18.2 Å². The number of anilines is 1. The van der Waals surface area contributed by atoms with Crippen molar-refractivity contribution >= 4 is 27.3 Å². The van der Waals surface area contributed by atoms with Crippen LogP contribution in [0.15, 0.2) is 30.0 Å². The first kappa shape index (κ1) is 17.5. The van der Waals surface area contributed by atoms with Crippen LogP contribution >= 0.6 is 11.5 Å². The number of aliphatic hydroxyl groups excluding tert-OH is 2. The van der Waals surface area contributed by atoms with Crippen LogP contribution in [0.1, 0.15) is 5.69 Å². The second-order valence-corrected chi connectivity index (χ2v) is 6.28. The highest BCUT2D eigenvalue weighted by atomic mass is 32.1. The number of nitrogens with zero attached hydrogens (tertiary/aromatic N) is 4. The number of fused-ring (bicyclic) bond motifs is 1. The van der Waals surface area contributed by atoms with Crippen molar-refractivity contribution in [2.24, 2.45) is 0 Å². The highest BCUT2D eigenvalue weighted by molar-refractivity contribution is 7.13. The predicted molar refractivity (Wildman–Crippen MR) is 85.3 cm³/mol. The Kier molecular flexibility index (Phi) is 4.32. The van der Waals surface area contributed by atoms with Crippen LogP contribution in [-0.2, 0) is 6.42 Å². The Morgan fingerprint density at radius 2 is 2.08 bits per heavy atom. The number of hydrogen-bond acceptors (Lipinski definition) is 7. The van der Waals surface area contributed by atoms with E-state index in [1.165, 1.54) is 11.5 Å². The molecule has 0 spiro atoms. The quantitative estimate of drug-likeness (QED) is 0.843. The molecule has 2 aromatic rings. The molecule has 1 aromatic heterocycles. The molecule has 1 aliphatic rings. The third-order valence-corrected chi connectivity index (χ3v) is 4.79. The molecule has 132 valence electrons. The van der Waals surface area contributed by atoms with Crippen LogP contribution in [0.5, 0.6) is 0 Å². The molecule has 0 amide bonds. The van der Waals surface area contributed by atoms with Crippen LogP contribution in [0.25, 0.3) is 10.1 Å². The van der Waals surface area contributed by atoms with Gasteiger partial charge in [0.2, 0.25) is 6.35 Å². The second-order valence-electron chi connectivity index (χ2n) is 5.47. The lowest BCUT2D eigenvalue weighted by molar-refractivity contribution is -0.133. The summed E-state index contributed by atoms with van der Waals surface area (Å²) in [6.07, 6.45) is -7.33. The molecule has 1 aromatic carbocycles. The van der Waals surface area contributed by atoms with Gasteiger partial charge >= 0.3 is 6.18 Å². The summed E-state index contributed by atoms with van der Waals surface area (Å²) in [5.74, 6) is 0. The third-order valence-electron chi connectivity index (χ3n) is 3.93. The van der Waals surface area contributed by atoms with E-state index in [9.17, 15) is 23.4 Å². The van der Waals surface area contributed by atoms with E-state index in [1.807, 2.05) is 6.07 Å². The van der Waals surface area contributed by atoms with Crippen LogP contribution in [0.4, 0.5) is 18.9 Å². The van der Waals surface area contributed by atoms with Gasteiger partial charge in [0.1, 0.15) is 5.70 Å². The Bertz CT molecular complexity index is 874. The topological polar surface area (TPSA) is 83.6 Å². The molecule has 0 radical (unpaired) electrons. The minimum atomic E-state index is -4.69. The number of nitriles is 1. The lowest BCUT2D eigenvalue weighted by Gasteiger charge is -2.43. The predicted octanol–water partition coefficient (Wildman–Crippen LogP) is 2.15. The summed E-state index contributed by atoms with van der Waals surface area (Å²) in [5, 5.41) is 29.9. The van der Waals surface area contributed by atoms with E-state index in [2.05, 4.69) is 4.37 Å². The second kappa shape index (κ2) is 6.18. The Balaban J connectivity index is 2.04. The van der Waals surface area contributed by atoms with E-state index < -0.39 is 24.5 Å². The van der Waals surface area contributed by atoms with Gasteiger partial charge in [-0.3, -0.25) is 4.90 Å². The van der Waals surface area contributed by atoms with Gasteiger partial charge in [0.25, 0.3) is 0 Å². The normalized spacial score (nSPS) is 21.4.